The molecule has 1 unspecified atom stereocenters. The van der Waals surface area contributed by atoms with Gasteiger partial charge in [-0.05, 0) is 43.9 Å². The van der Waals surface area contributed by atoms with Crippen LogP contribution in [0.3, 0.4) is 0 Å². The largest absolute Gasteiger partial charge is 0.356 e. The Balaban J connectivity index is 1.88. The Morgan fingerprint density at radius 1 is 1.42 bits per heavy atom. The summed E-state index contributed by atoms with van der Waals surface area (Å²) in [6, 6.07) is 2.68. The number of rotatable bonds is 8. The van der Waals surface area contributed by atoms with E-state index in [-0.39, 0.29) is 5.91 Å². The van der Waals surface area contributed by atoms with Gasteiger partial charge in [-0.2, -0.15) is 0 Å². The van der Waals surface area contributed by atoms with E-state index in [4.69, 9.17) is 0 Å². The van der Waals surface area contributed by atoms with Gasteiger partial charge in [-0.1, -0.05) is 6.92 Å². The third kappa shape index (κ3) is 4.10. The third-order valence-electron chi connectivity index (χ3n) is 3.62. The number of carbonyl (C=O) groups excluding carboxylic acids is 1. The van der Waals surface area contributed by atoms with Gasteiger partial charge in [-0.25, -0.2) is 0 Å². The molecule has 4 nitrogen and oxygen atoms in total. The van der Waals surface area contributed by atoms with Gasteiger partial charge in [0.15, 0.2) is 0 Å². The van der Waals surface area contributed by atoms with Crippen LogP contribution in [-0.4, -0.2) is 23.6 Å². The Bertz CT molecular complexity index is 409. The van der Waals surface area contributed by atoms with E-state index < -0.39 is 0 Å². The molecule has 106 valence electrons. The zero-order chi connectivity index (χ0) is 13.7. The molecule has 1 aromatic heterocycles. The molecule has 0 saturated heterocycles. The molecule has 1 saturated carbocycles. The van der Waals surface area contributed by atoms with Crippen LogP contribution in [0.1, 0.15) is 44.7 Å². The molecule has 1 heterocycles. The van der Waals surface area contributed by atoms with Crippen LogP contribution in [0.4, 0.5) is 0 Å². The molecule has 1 fully saturated rings. The third-order valence-corrected chi connectivity index (χ3v) is 3.62. The van der Waals surface area contributed by atoms with Crippen LogP contribution in [-0.2, 0) is 11.3 Å². The van der Waals surface area contributed by atoms with Gasteiger partial charge in [0.2, 0.25) is 5.91 Å². The molecule has 4 heteroatoms. The maximum absolute atomic E-state index is 11.4. The number of amides is 1. The number of hydrogen-bond acceptors (Lipinski definition) is 2. The van der Waals surface area contributed by atoms with E-state index in [1.54, 1.807) is 0 Å². The smallest absolute Gasteiger partial charge is 0.221 e. The van der Waals surface area contributed by atoms with Gasteiger partial charge >= 0.3 is 0 Å². The Kier molecular flexibility index (Phi) is 5.02. The second kappa shape index (κ2) is 6.75. The Morgan fingerprint density at radius 3 is 2.84 bits per heavy atom. The lowest BCUT2D eigenvalue weighted by Crippen LogP contribution is -2.23. The Morgan fingerprint density at radius 2 is 2.21 bits per heavy atom. The first-order chi connectivity index (χ1) is 9.24. The van der Waals surface area contributed by atoms with E-state index in [1.165, 1.54) is 18.4 Å². The van der Waals surface area contributed by atoms with Gasteiger partial charge in [0.25, 0.3) is 0 Å². The number of nitrogens with one attached hydrogen (secondary N) is 2. The van der Waals surface area contributed by atoms with Crippen molar-refractivity contribution in [1.29, 1.82) is 0 Å². The normalized spacial score (nSPS) is 16.3. The summed E-state index contributed by atoms with van der Waals surface area (Å²) >= 11 is 0. The zero-order valence-corrected chi connectivity index (χ0v) is 12.0. The van der Waals surface area contributed by atoms with Gasteiger partial charge in [-0.15, -0.1) is 0 Å². The molecular formula is C15H25N3O. The molecular weight excluding hydrogens is 238 g/mol. The summed E-state index contributed by atoms with van der Waals surface area (Å²) < 4.78 is 2.12. The number of aromatic nitrogens is 1. The number of hydrogen-bond donors (Lipinski definition) is 2. The maximum atomic E-state index is 11.4. The van der Waals surface area contributed by atoms with Crippen LogP contribution in [0.2, 0.25) is 0 Å². The predicted octanol–water partition coefficient (Wildman–Crippen LogP) is 2.07. The highest BCUT2D eigenvalue weighted by atomic mass is 16.1. The number of carbonyl (C=O) groups is 1. The molecule has 1 aliphatic rings. The summed E-state index contributed by atoms with van der Waals surface area (Å²) in [5.41, 5.74) is 1.36. The molecule has 2 N–H and O–H groups in total. The summed E-state index contributed by atoms with van der Waals surface area (Å²) in [6.45, 7) is 6.57. The van der Waals surface area contributed by atoms with Crippen LogP contribution in [0.15, 0.2) is 18.5 Å². The summed E-state index contributed by atoms with van der Waals surface area (Å²) in [5, 5.41) is 6.40. The van der Waals surface area contributed by atoms with Crippen LogP contribution in [0, 0.1) is 5.92 Å². The average Bonchev–Trinajstić information content (AvgIpc) is 3.12. The standard InChI is InChI=1S/C15H25N3O/c1-3-16-14(19)8-10-18-9-7-13(11-18)15(17-4-2)12-5-6-12/h7,9,11-12,15,17H,3-6,8,10H2,1-2H3,(H,16,19). The first kappa shape index (κ1) is 14.1. The molecule has 0 spiro atoms. The maximum Gasteiger partial charge on any atom is 0.221 e. The second-order valence-electron chi connectivity index (χ2n) is 5.26. The van der Waals surface area contributed by atoms with E-state index in [1.807, 2.05) is 6.92 Å². The highest BCUT2D eigenvalue weighted by Gasteiger charge is 2.31. The molecule has 0 aromatic carbocycles. The SMILES string of the molecule is CCNC(=O)CCn1ccc(C(NCC)C2CC2)c1. The summed E-state index contributed by atoms with van der Waals surface area (Å²) in [7, 11) is 0. The number of aryl methyl sites for hydroxylation is 1. The highest BCUT2D eigenvalue weighted by Crippen LogP contribution is 2.40. The van der Waals surface area contributed by atoms with Crippen LogP contribution in [0.25, 0.3) is 0 Å². The first-order valence-electron chi connectivity index (χ1n) is 7.40. The fourth-order valence-corrected chi connectivity index (χ4v) is 2.50. The average molecular weight is 263 g/mol. The van der Waals surface area contributed by atoms with Gasteiger partial charge in [0.05, 0.1) is 0 Å². The Labute approximate surface area is 115 Å². The first-order valence-corrected chi connectivity index (χ1v) is 7.40. The lowest BCUT2D eigenvalue weighted by atomic mass is 10.1. The van der Waals surface area contributed by atoms with Crippen molar-refractivity contribution in [2.45, 2.75) is 45.7 Å². The van der Waals surface area contributed by atoms with E-state index >= 15 is 0 Å². The molecule has 1 amide bonds. The minimum absolute atomic E-state index is 0.128. The van der Waals surface area contributed by atoms with Crippen molar-refractivity contribution in [2.24, 2.45) is 5.92 Å². The van der Waals surface area contributed by atoms with Crippen molar-refractivity contribution in [2.75, 3.05) is 13.1 Å². The molecule has 19 heavy (non-hydrogen) atoms. The van der Waals surface area contributed by atoms with Crippen molar-refractivity contribution in [1.82, 2.24) is 15.2 Å². The van der Waals surface area contributed by atoms with Gasteiger partial charge < -0.3 is 15.2 Å². The van der Waals surface area contributed by atoms with Crippen molar-refractivity contribution in [3.8, 4) is 0 Å². The zero-order valence-electron chi connectivity index (χ0n) is 12.0. The highest BCUT2D eigenvalue weighted by molar-refractivity contribution is 5.75. The minimum atomic E-state index is 0.128. The monoisotopic (exact) mass is 263 g/mol. The molecule has 1 aliphatic carbocycles. The van der Waals surface area contributed by atoms with E-state index in [2.05, 4.69) is 40.6 Å². The van der Waals surface area contributed by atoms with E-state index in [0.717, 1.165) is 19.0 Å². The van der Waals surface area contributed by atoms with Gasteiger partial charge in [-0.3, -0.25) is 4.79 Å². The van der Waals surface area contributed by atoms with E-state index in [0.29, 0.717) is 19.0 Å². The van der Waals surface area contributed by atoms with Crippen molar-refractivity contribution < 1.29 is 4.79 Å². The summed E-state index contributed by atoms with van der Waals surface area (Å²) in [6.07, 6.45) is 7.49. The van der Waals surface area contributed by atoms with E-state index in [9.17, 15) is 4.79 Å². The van der Waals surface area contributed by atoms with Crippen molar-refractivity contribution in [3.63, 3.8) is 0 Å². The van der Waals surface area contributed by atoms with Crippen LogP contribution in [0.5, 0.6) is 0 Å². The van der Waals surface area contributed by atoms with Gasteiger partial charge in [0, 0.05) is 37.9 Å². The lowest BCUT2D eigenvalue weighted by molar-refractivity contribution is -0.121. The fourth-order valence-electron chi connectivity index (χ4n) is 2.50. The lowest BCUT2D eigenvalue weighted by Gasteiger charge is -2.15. The molecule has 0 radical (unpaired) electrons. The van der Waals surface area contributed by atoms with Crippen LogP contribution < -0.4 is 10.6 Å². The molecule has 1 aromatic rings. The molecule has 1 atom stereocenters. The molecule has 2 rings (SSSR count). The van der Waals surface area contributed by atoms with Gasteiger partial charge in [0.1, 0.15) is 0 Å². The van der Waals surface area contributed by atoms with Crippen LogP contribution >= 0.6 is 0 Å². The number of nitrogens with zero attached hydrogens (tertiary/aromatic N) is 1. The minimum Gasteiger partial charge on any atom is -0.356 e. The molecule has 0 bridgehead atoms. The topological polar surface area (TPSA) is 46.1 Å². The quantitative estimate of drug-likeness (QED) is 0.754. The fraction of sp³-hybridized carbons (Fsp3) is 0.667. The molecule has 0 aliphatic heterocycles. The van der Waals surface area contributed by atoms with Crippen molar-refractivity contribution >= 4 is 5.91 Å². The summed E-state index contributed by atoms with van der Waals surface area (Å²) in [4.78, 5) is 11.4. The predicted molar refractivity (Wildman–Crippen MR) is 76.9 cm³/mol. The Hall–Kier alpha value is -1.29. The summed E-state index contributed by atoms with van der Waals surface area (Å²) in [5.74, 6) is 0.933. The van der Waals surface area contributed by atoms with Crippen molar-refractivity contribution in [3.05, 3.63) is 24.0 Å². The second-order valence-corrected chi connectivity index (χ2v) is 5.26.